The number of hydrogen-bond acceptors (Lipinski definition) is 4. The molecule has 0 unspecified atom stereocenters. The summed E-state index contributed by atoms with van der Waals surface area (Å²) in [5.41, 5.74) is 10.1. The molecule has 26 heavy (non-hydrogen) atoms. The fourth-order valence-corrected chi connectivity index (χ4v) is 3.07. The summed E-state index contributed by atoms with van der Waals surface area (Å²) in [6.45, 7) is 8.27. The van der Waals surface area contributed by atoms with E-state index in [1.165, 1.54) is 0 Å². The number of aromatic nitrogens is 3. The average Bonchev–Trinajstić information content (AvgIpc) is 2.93. The molecule has 1 aromatic carbocycles. The van der Waals surface area contributed by atoms with E-state index in [1.54, 1.807) is 0 Å². The highest BCUT2D eigenvalue weighted by Gasteiger charge is 2.19. The molecule has 0 aliphatic heterocycles. The lowest BCUT2D eigenvalue weighted by atomic mass is 10.0. The molecule has 0 radical (unpaired) electrons. The third kappa shape index (κ3) is 3.81. The fourth-order valence-electron chi connectivity index (χ4n) is 3.07. The number of fused-ring (bicyclic) bond motifs is 3. The molecule has 0 aliphatic rings. The molecule has 0 aliphatic carbocycles. The Labute approximate surface area is 159 Å². The molecule has 3 aromatic rings. The molecule has 140 valence electrons. The molecule has 3 rings (SSSR count). The van der Waals surface area contributed by atoms with E-state index < -0.39 is 0 Å². The van der Waals surface area contributed by atoms with Gasteiger partial charge in [0.05, 0.1) is 5.52 Å². The third-order valence-corrected chi connectivity index (χ3v) is 4.61. The van der Waals surface area contributed by atoms with Crippen LogP contribution in [0.25, 0.3) is 16.6 Å². The molecule has 1 amide bonds. The summed E-state index contributed by atoms with van der Waals surface area (Å²) in [6.07, 6.45) is 1.03. The van der Waals surface area contributed by atoms with E-state index in [1.807, 2.05) is 56.5 Å². The van der Waals surface area contributed by atoms with E-state index in [2.05, 4.69) is 10.4 Å². The zero-order valence-corrected chi connectivity index (χ0v) is 16.5. The quantitative estimate of drug-likeness (QED) is 0.718. The lowest BCUT2D eigenvalue weighted by Gasteiger charge is -2.24. The number of rotatable bonds is 5. The van der Waals surface area contributed by atoms with Crippen LogP contribution in [-0.2, 0) is 11.2 Å². The largest absolute Gasteiger partial charge is 0.350 e. The van der Waals surface area contributed by atoms with Gasteiger partial charge in [0, 0.05) is 35.3 Å². The highest BCUT2D eigenvalue weighted by atomic mass is 35.5. The van der Waals surface area contributed by atoms with E-state index in [0.717, 1.165) is 33.5 Å². The summed E-state index contributed by atoms with van der Waals surface area (Å²) in [5.74, 6) is -0.0000247. The number of nitrogens with two attached hydrogens (primary N) is 1. The van der Waals surface area contributed by atoms with Crippen LogP contribution >= 0.6 is 12.4 Å². The number of carbonyl (C=O) groups excluding carboxylic acids is 1. The zero-order valence-electron chi connectivity index (χ0n) is 15.7. The standard InChI is InChI=1S/C19H25N5O.ClH/c1-12-14(9-10-17(25)22-19(3,4)11-20)13(2)24-18(21-12)15-7-5-6-8-16(15)23-24;/h5-8H,9-11,20H2,1-4H3,(H,22,25);1H. The van der Waals surface area contributed by atoms with Crippen molar-refractivity contribution in [1.29, 1.82) is 0 Å². The smallest absolute Gasteiger partial charge is 0.220 e. The minimum absolute atomic E-state index is 0. The molecular formula is C19H26ClN5O. The summed E-state index contributed by atoms with van der Waals surface area (Å²) in [5, 5.41) is 8.66. The Balaban J connectivity index is 0.00000243. The Hall–Kier alpha value is -2.18. The molecule has 6 nitrogen and oxygen atoms in total. The van der Waals surface area contributed by atoms with Crippen molar-refractivity contribution in [3.05, 3.63) is 41.2 Å². The Morgan fingerprint density at radius 1 is 1.27 bits per heavy atom. The Morgan fingerprint density at radius 2 is 1.96 bits per heavy atom. The SMILES string of the molecule is Cc1nc2c3ccccc3nn2c(C)c1CCC(=O)NC(C)(C)CN.Cl. The van der Waals surface area contributed by atoms with Gasteiger partial charge >= 0.3 is 0 Å². The second-order valence-electron chi connectivity index (χ2n) is 7.15. The van der Waals surface area contributed by atoms with Crippen molar-refractivity contribution in [3.63, 3.8) is 0 Å². The first-order valence-electron chi connectivity index (χ1n) is 8.57. The van der Waals surface area contributed by atoms with Crippen molar-refractivity contribution in [2.75, 3.05) is 6.54 Å². The predicted molar refractivity (Wildman–Crippen MR) is 107 cm³/mol. The van der Waals surface area contributed by atoms with E-state index >= 15 is 0 Å². The Bertz CT molecular complexity index is 948. The molecule has 0 spiro atoms. The van der Waals surface area contributed by atoms with Gasteiger partial charge in [-0.05, 0) is 51.8 Å². The second kappa shape index (κ2) is 7.60. The molecular weight excluding hydrogens is 350 g/mol. The second-order valence-corrected chi connectivity index (χ2v) is 7.15. The molecule has 0 bridgehead atoms. The Kier molecular flexibility index (Phi) is 5.88. The number of aryl methyl sites for hydroxylation is 2. The number of nitrogens with one attached hydrogen (secondary N) is 1. The van der Waals surface area contributed by atoms with Gasteiger partial charge in [-0.1, -0.05) is 12.1 Å². The maximum absolute atomic E-state index is 12.2. The molecule has 0 saturated carbocycles. The lowest BCUT2D eigenvalue weighted by molar-refractivity contribution is -0.122. The van der Waals surface area contributed by atoms with E-state index in [0.29, 0.717) is 19.4 Å². The molecule has 2 heterocycles. The highest BCUT2D eigenvalue weighted by molar-refractivity contribution is 5.92. The molecule has 7 heteroatoms. The minimum atomic E-state index is -0.386. The van der Waals surface area contributed by atoms with Gasteiger partial charge in [-0.3, -0.25) is 4.79 Å². The van der Waals surface area contributed by atoms with Crippen LogP contribution in [-0.4, -0.2) is 32.6 Å². The van der Waals surface area contributed by atoms with Crippen molar-refractivity contribution in [2.24, 2.45) is 5.73 Å². The maximum atomic E-state index is 12.2. The molecule has 0 saturated heterocycles. The van der Waals surface area contributed by atoms with Crippen LogP contribution in [0.2, 0.25) is 0 Å². The third-order valence-electron chi connectivity index (χ3n) is 4.61. The lowest BCUT2D eigenvalue weighted by Crippen LogP contribution is -2.48. The fraction of sp³-hybridized carbons (Fsp3) is 0.421. The number of halogens is 1. The van der Waals surface area contributed by atoms with E-state index in [9.17, 15) is 4.79 Å². The van der Waals surface area contributed by atoms with Gasteiger partial charge < -0.3 is 11.1 Å². The molecule has 2 aromatic heterocycles. The van der Waals surface area contributed by atoms with Crippen LogP contribution in [0, 0.1) is 13.8 Å². The van der Waals surface area contributed by atoms with Crippen LogP contribution < -0.4 is 11.1 Å². The normalized spacial score (nSPS) is 11.6. The van der Waals surface area contributed by atoms with Crippen LogP contribution in [0.4, 0.5) is 0 Å². The average molecular weight is 376 g/mol. The van der Waals surface area contributed by atoms with E-state index in [-0.39, 0.29) is 23.9 Å². The molecule has 3 N–H and O–H groups in total. The number of benzene rings is 1. The van der Waals surface area contributed by atoms with Crippen molar-refractivity contribution in [3.8, 4) is 0 Å². The van der Waals surface area contributed by atoms with Crippen molar-refractivity contribution in [2.45, 2.75) is 46.1 Å². The first-order chi connectivity index (χ1) is 11.8. The van der Waals surface area contributed by atoms with Crippen LogP contribution in [0.1, 0.15) is 37.2 Å². The first kappa shape index (κ1) is 20.1. The molecule has 0 atom stereocenters. The summed E-state index contributed by atoms with van der Waals surface area (Å²) in [6, 6.07) is 7.99. The zero-order chi connectivity index (χ0) is 18.2. The van der Waals surface area contributed by atoms with Gasteiger partial charge in [0.25, 0.3) is 0 Å². The van der Waals surface area contributed by atoms with Crippen molar-refractivity contribution < 1.29 is 4.79 Å². The highest BCUT2D eigenvalue weighted by Crippen LogP contribution is 2.22. The van der Waals surface area contributed by atoms with Gasteiger partial charge in [0.15, 0.2) is 5.65 Å². The van der Waals surface area contributed by atoms with E-state index in [4.69, 9.17) is 10.7 Å². The summed E-state index contributed by atoms with van der Waals surface area (Å²) >= 11 is 0. The number of amides is 1. The van der Waals surface area contributed by atoms with Crippen molar-refractivity contribution >= 4 is 34.9 Å². The van der Waals surface area contributed by atoms with Crippen LogP contribution in [0.5, 0.6) is 0 Å². The summed E-state index contributed by atoms with van der Waals surface area (Å²) in [7, 11) is 0. The van der Waals surface area contributed by atoms with Gasteiger partial charge in [0.1, 0.15) is 0 Å². The van der Waals surface area contributed by atoms with Gasteiger partial charge in [-0.15, -0.1) is 12.4 Å². The monoisotopic (exact) mass is 375 g/mol. The number of nitrogens with zero attached hydrogens (tertiary/aromatic N) is 3. The van der Waals surface area contributed by atoms with Gasteiger partial charge in [-0.2, -0.15) is 5.10 Å². The summed E-state index contributed by atoms with van der Waals surface area (Å²) < 4.78 is 1.88. The maximum Gasteiger partial charge on any atom is 0.220 e. The summed E-state index contributed by atoms with van der Waals surface area (Å²) in [4.78, 5) is 17.0. The Morgan fingerprint density at radius 3 is 2.65 bits per heavy atom. The first-order valence-corrected chi connectivity index (χ1v) is 8.57. The molecule has 0 fully saturated rings. The predicted octanol–water partition coefficient (Wildman–Crippen LogP) is 2.71. The topological polar surface area (TPSA) is 85.3 Å². The van der Waals surface area contributed by atoms with Crippen LogP contribution in [0.15, 0.2) is 24.3 Å². The van der Waals surface area contributed by atoms with Crippen molar-refractivity contribution in [1.82, 2.24) is 19.9 Å². The van der Waals surface area contributed by atoms with Gasteiger partial charge in [0.2, 0.25) is 5.91 Å². The van der Waals surface area contributed by atoms with Gasteiger partial charge in [-0.25, -0.2) is 9.50 Å². The minimum Gasteiger partial charge on any atom is -0.350 e. The van der Waals surface area contributed by atoms with Crippen LogP contribution in [0.3, 0.4) is 0 Å². The number of carbonyl (C=O) groups is 1. The number of hydrogen-bond donors (Lipinski definition) is 2.